The van der Waals surface area contributed by atoms with Crippen molar-refractivity contribution in [1.29, 1.82) is 0 Å². The molecule has 430 valence electrons. The van der Waals surface area contributed by atoms with Gasteiger partial charge in [-0.15, -0.1) is 0 Å². The van der Waals surface area contributed by atoms with Crippen LogP contribution < -0.4 is 5.32 Å². The molecule has 0 heterocycles. The Kier molecular flexibility index (Phi) is 61.0. The number of allylic oxidation sites excluding steroid dienone is 5. The van der Waals surface area contributed by atoms with Crippen molar-refractivity contribution in [3.63, 3.8) is 0 Å². The van der Waals surface area contributed by atoms with Gasteiger partial charge in [-0.3, -0.25) is 9.59 Å². The number of nitrogens with one attached hydrogen (secondary N) is 1. The number of esters is 1. The fourth-order valence-corrected chi connectivity index (χ4v) is 10.1. The van der Waals surface area contributed by atoms with Gasteiger partial charge in [0.15, 0.2) is 0 Å². The van der Waals surface area contributed by atoms with Crippen molar-refractivity contribution >= 4 is 11.9 Å². The maximum absolute atomic E-state index is 12.5. The Morgan fingerprint density at radius 1 is 0.384 bits per heavy atom. The summed E-state index contributed by atoms with van der Waals surface area (Å²) in [5.74, 6) is -0.0610. The summed E-state index contributed by atoms with van der Waals surface area (Å²) in [4.78, 5) is 24.5. The lowest BCUT2D eigenvalue weighted by Gasteiger charge is -2.20. The molecule has 0 bridgehead atoms. The zero-order valence-corrected chi connectivity index (χ0v) is 49.1. The van der Waals surface area contributed by atoms with Crippen molar-refractivity contribution in [3.8, 4) is 0 Å². The molecular formula is C67H127NO5. The molecule has 0 aromatic heterocycles. The quantitative estimate of drug-likeness (QED) is 0.0320. The number of hydrogen-bond acceptors (Lipinski definition) is 5. The zero-order chi connectivity index (χ0) is 52.9. The van der Waals surface area contributed by atoms with Crippen LogP contribution in [-0.4, -0.2) is 47.4 Å². The molecule has 0 aliphatic carbocycles. The highest BCUT2D eigenvalue weighted by Gasteiger charge is 2.18. The Balaban J connectivity index is 3.45. The van der Waals surface area contributed by atoms with E-state index in [1.807, 2.05) is 6.08 Å². The van der Waals surface area contributed by atoms with Crippen LogP contribution in [0.5, 0.6) is 0 Å². The van der Waals surface area contributed by atoms with Crippen molar-refractivity contribution in [2.45, 2.75) is 366 Å². The van der Waals surface area contributed by atoms with Gasteiger partial charge in [0.25, 0.3) is 0 Å². The monoisotopic (exact) mass is 1030 g/mol. The Morgan fingerprint density at radius 3 is 1.04 bits per heavy atom. The molecule has 0 spiro atoms. The third-order valence-electron chi connectivity index (χ3n) is 15.2. The van der Waals surface area contributed by atoms with Gasteiger partial charge in [0.1, 0.15) is 0 Å². The smallest absolute Gasteiger partial charge is 0.305 e. The second-order valence-electron chi connectivity index (χ2n) is 22.5. The Bertz CT molecular complexity index is 1180. The topological polar surface area (TPSA) is 95.9 Å². The molecule has 0 saturated heterocycles. The summed E-state index contributed by atoms with van der Waals surface area (Å²) in [6, 6.07) is -0.633. The number of ether oxygens (including phenoxy) is 1. The highest BCUT2D eigenvalue weighted by molar-refractivity contribution is 5.76. The van der Waals surface area contributed by atoms with Crippen LogP contribution in [0.2, 0.25) is 0 Å². The number of amides is 1. The first-order chi connectivity index (χ1) is 36.0. The predicted octanol–water partition coefficient (Wildman–Crippen LogP) is 20.8. The predicted molar refractivity (Wildman–Crippen MR) is 319 cm³/mol. The van der Waals surface area contributed by atoms with Crippen molar-refractivity contribution in [1.82, 2.24) is 5.32 Å². The van der Waals surface area contributed by atoms with Gasteiger partial charge >= 0.3 is 5.97 Å². The van der Waals surface area contributed by atoms with Gasteiger partial charge in [-0.05, 0) is 64.2 Å². The minimum Gasteiger partial charge on any atom is -0.466 e. The molecule has 0 saturated carbocycles. The van der Waals surface area contributed by atoms with Crippen molar-refractivity contribution in [3.05, 3.63) is 36.5 Å². The van der Waals surface area contributed by atoms with E-state index in [2.05, 4.69) is 43.5 Å². The second kappa shape index (κ2) is 62.6. The van der Waals surface area contributed by atoms with Crippen molar-refractivity contribution < 1.29 is 24.5 Å². The van der Waals surface area contributed by atoms with Gasteiger partial charge in [-0.1, -0.05) is 314 Å². The van der Waals surface area contributed by atoms with Gasteiger partial charge in [-0.2, -0.15) is 0 Å². The van der Waals surface area contributed by atoms with E-state index in [0.29, 0.717) is 19.4 Å². The van der Waals surface area contributed by atoms with Crippen molar-refractivity contribution in [2.75, 3.05) is 13.2 Å². The van der Waals surface area contributed by atoms with Crippen LogP contribution in [0, 0.1) is 0 Å². The average molecular weight is 1030 g/mol. The van der Waals surface area contributed by atoms with Crippen LogP contribution in [0.1, 0.15) is 354 Å². The maximum atomic E-state index is 12.5. The van der Waals surface area contributed by atoms with Crippen LogP contribution in [-0.2, 0) is 14.3 Å². The molecule has 0 rings (SSSR count). The standard InChI is InChI=1S/C67H127NO5/c1-3-5-7-9-11-13-15-17-19-29-32-35-39-43-47-51-55-59-65(70)64(63-69)68-66(71)60-56-52-48-44-40-36-33-30-27-25-23-21-20-22-24-26-28-31-34-38-42-46-50-54-58-62-73-67(72)61-57-53-49-45-41-37-18-16-14-12-10-8-6-4-2/h21-24,55,59,64-65,69-70H,3-20,25-54,56-58,60-63H2,1-2H3,(H,68,71)/b23-21-,24-22-,59-55+. The highest BCUT2D eigenvalue weighted by atomic mass is 16.5. The van der Waals surface area contributed by atoms with E-state index in [9.17, 15) is 19.8 Å². The number of carbonyl (C=O) groups excluding carboxylic acids is 2. The Labute approximate surface area is 455 Å². The molecule has 6 heteroatoms. The van der Waals surface area contributed by atoms with E-state index < -0.39 is 12.1 Å². The fraction of sp³-hybridized carbons (Fsp3) is 0.881. The molecule has 2 unspecified atom stereocenters. The third-order valence-corrected chi connectivity index (χ3v) is 15.2. The summed E-state index contributed by atoms with van der Waals surface area (Å²) < 4.78 is 5.48. The van der Waals surface area contributed by atoms with Gasteiger partial charge in [0, 0.05) is 12.8 Å². The molecule has 6 nitrogen and oxygen atoms in total. The molecule has 2 atom stereocenters. The lowest BCUT2D eigenvalue weighted by Crippen LogP contribution is -2.45. The highest BCUT2D eigenvalue weighted by Crippen LogP contribution is 2.17. The van der Waals surface area contributed by atoms with Gasteiger partial charge in [-0.25, -0.2) is 0 Å². The van der Waals surface area contributed by atoms with Crippen LogP contribution in [0.3, 0.4) is 0 Å². The van der Waals surface area contributed by atoms with Crippen molar-refractivity contribution in [2.24, 2.45) is 0 Å². The molecule has 0 radical (unpaired) electrons. The number of unbranched alkanes of at least 4 members (excludes halogenated alkanes) is 46. The largest absolute Gasteiger partial charge is 0.466 e. The second-order valence-corrected chi connectivity index (χ2v) is 22.5. The van der Waals surface area contributed by atoms with Gasteiger partial charge in [0.05, 0.1) is 25.4 Å². The molecule has 0 aliphatic heterocycles. The number of rotatable bonds is 61. The third kappa shape index (κ3) is 59.2. The molecular weight excluding hydrogens is 899 g/mol. The Morgan fingerprint density at radius 2 is 0.685 bits per heavy atom. The minimum atomic E-state index is -0.849. The van der Waals surface area contributed by atoms with Crippen LogP contribution in [0.15, 0.2) is 36.5 Å². The first-order valence-electron chi connectivity index (χ1n) is 32.8. The van der Waals surface area contributed by atoms with Gasteiger partial charge < -0.3 is 20.3 Å². The zero-order valence-electron chi connectivity index (χ0n) is 49.1. The molecule has 73 heavy (non-hydrogen) atoms. The summed E-state index contributed by atoms with van der Waals surface area (Å²) in [5, 5.41) is 23.2. The van der Waals surface area contributed by atoms with E-state index in [1.165, 1.54) is 283 Å². The number of aliphatic hydroxyl groups excluding tert-OH is 2. The van der Waals surface area contributed by atoms with E-state index >= 15 is 0 Å². The molecule has 0 aliphatic rings. The van der Waals surface area contributed by atoms with Gasteiger partial charge in [0.2, 0.25) is 5.91 Å². The Hall–Kier alpha value is -1.92. The number of aliphatic hydroxyl groups is 2. The maximum Gasteiger partial charge on any atom is 0.305 e. The number of carbonyl (C=O) groups is 2. The van der Waals surface area contributed by atoms with Crippen LogP contribution >= 0.6 is 0 Å². The van der Waals surface area contributed by atoms with E-state index in [1.54, 1.807) is 6.08 Å². The normalized spacial score (nSPS) is 12.8. The minimum absolute atomic E-state index is 0.0110. The summed E-state index contributed by atoms with van der Waals surface area (Å²) in [6.45, 7) is 4.92. The van der Waals surface area contributed by atoms with Crippen LogP contribution in [0.25, 0.3) is 0 Å². The molecule has 0 aromatic carbocycles. The summed E-state index contributed by atoms with van der Waals surface area (Å²) >= 11 is 0. The van der Waals surface area contributed by atoms with E-state index in [0.717, 1.165) is 44.9 Å². The molecule has 3 N–H and O–H groups in total. The summed E-state index contributed by atoms with van der Waals surface area (Å²) in [5.41, 5.74) is 0. The van der Waals surface area contributed by atoms with Crippen LogP contribution in [0.4, 0.5) is 0 Å². The van der Waals surface area contributed by atoms with E-state index in [4.69, 9.17) is 4.74 Å². The lowest BCUT2D eigenvalue weighted by molar-refractivity contribution is -0.143. The average Bonchev–Trinajstić information content (AvgIpc) is 3.39. The first-order valence-corrected chi connectivity index (χ1v) is 32.8. The number of hydrogen-bond donors (Lipinski definition) is 3. The summed E-state index contributed by atoms with van der Waals surface area (Å²) in [7, 11) is 0. The molecule has 0 fully saturated rings. The SMILES string of the molecule is CCCCCCCCCCCCCCCCC/C=C/C(O)C(CO)NC(=O)CCCCCCCCCCC/C=C\C/C=C\CCCCCCCCCCCOC(=O)CCCCCCCCCCCCCCCC. The molecule has 1 amide bonds. The summed E-state index contributed by atoms with van der Waals surface area (Å²) in [6.07, 6.45) is 79.1. The lowest BCUT2D eigenvalue weighted by atomic mass is 10.0. The molecule has 0 aromatic rings. The first kappa shape index (κ1) is 71.1. The fourth-order valence-electron chi connectivity index (χ4n) is 10.1. The van der Waals surface area contributed by atoms with E-state index in [-0.39, 0.29) is 18.5 Å².